The summed E-state index contributed by atoms with van der Waals surface area (Å²) in [6.45, 7) is 3.11. The van der Waals surface area contributed by atoms with Crippen molar-refractivity contribution in [2.75, 3.05) is 18.4 Å². The third-order valence-electron chi connectivity index (χ3n) is 4.67. The van der Waals surface area contributed by atoms with Crippen LogP contribution in [0, 0.1) is 12.7 Å². The first kappa shape index (κ1) is 15.7. The van der Waals surface area contributed by atoms with Crippen molar-refractivity contribution >= 4 is 11.6 Å². The lowest BCUT2D eigenvalue weighted by atomic mass is 10.1. The van der Waals surface area contributed by atoms with Gasteiger partial charge in [-0.25, -0.2) is 4.39 Å². The molecule has 5 heteroatoms. The highest BCUT2D eigenvalue weighted by molar-refractivity contribution is 5.91. The van der Waals surface area contributed by atoms with Crippen molar-refractivity contribution in [3.05, 3.63) is 53.6 Å². The van der Waals surface area contributed by atoms with E-state index in [0.717, 1.165) is 19.4 Å². The maximum atomic E-state index is 13.6. The number of benzene rings is 1. The average molecular weight is 316 g/mol. The van der Waals surface area contributed by atoms with Crippen molar-refractivity contribution < 1.29 is 14.1 Å². The zero-order valence-corrected chi connectivity index (χ0v) is 13.6. The Kier molecular flexibility index (Phi) is 4.48. The highest BCUT2D eigenvalue weighted by Gasteiger charge is 2.32. The molecule has 0 saturated carbocycles. The predicted octanol–water partition coefficient (Wildman–Crippen LogP) is 1.83. The predicted molar refractivity (Wildman–Crippen MR) is 87.9 cm³/mol. The number of likely N-dealkylation sites (tertiary alicyclic amines) is 1. The highest BCUT2D eigenvalue weighted by Crippen LogP contribution is 2.19. The number of nitrogens with zero attached hydrogens (tertiary/aromatic N) is 1. The molecule has 2 aromatic rings. The largest absolute Gasteiger partial charge is 0.350 e. The van der Waals surface area contributed by atoms with Crippen LogP contribution in [0.2, 0.25) is 0 Å². The first-order valence-corrected chi connectivity index (χ1v) is 8.06. The van der Waals surface area contributed by atoms with Crippen molar-refractivity contribution in [2.45, 2.75) is 25.8 Å². The van der Waals surface area contributed by atoms with Crippen LogP contribution in [0.25, 0.3) is 0 Å². The van der Waals surface area contributed by atoms with Crippen LogP contribution in [0.4, 0.5) is 10.1 Å². The molecule has 1 amide bonds. The number of carbonyl (C=O) groups excluding carboxylic acids is 1. The molecule has 1 unspecified atom stereocenters. The molecular formula is C18H23FN3O+. The van der Waals surface area contributed by atoms with Gasteiger partial charge >= 0.3 is 0 Å². The fourth-order valence-electron chi connectivity index (χ4n) is 3.40. The molecule has 2 atom stereocenters. The Morgan fingerprint density at radius 1 is 1.43 bits per heavy atom. The fraction of sp³-hybridized carbons (Fsp3) is 0.389. The number of anilines is 1. The molecule has 1 aliphatic rings. The standard InChI is InChI=1S/C18H22FN3O/c1-13-7-8-14(11-15(13)19)20-18(23)12-22-10-4-6-17(22)16-5-3-9-21(16)2/h3,5,7-9,11,17H,4,6,10,12H2,1-2H3,(H,20,23)/p+1/t17-/m0/s1. The molecule has 122 valence electrons. The molecule has 2 heterocycles. The minimum Gasteiger partial charge on any atom is -0.350 e. The Labute approximate surface area is 135 Å². The van der Waals surface area contributed by atoms with Gasteiger partial charge in [-0.2, -0.15) is 0 Å². The Hall–Kier alpha value is -2.14. The lowest BCUT2D eigenvalue weighted by Gasteiger charge is -2.21. The van der Waals surface area contributed by atoms with Gasteiger partial charge in [-0.05, 0) is 36.8 Å². The number of nitrogens with one attached hydrogen (secondary N) is 2. The average Bonchev–Trinajstić information content (AvgIpc) is 3.11. The summed E-state index contributed by atoms with van der Waals surface area (Å²) in [5, 5.41) is 2.81. The van der Waals surface area contributed by atoms with Crippen LogP contribution in [-0.4, -0.2) is 23.6 Å². The fourth-order valence-corrected chi connectivity index (χ4v) is 3.40. The van der Waals surface area contributed by atoms with Crippen LogP contribution in [-0.2, 0) is 11.8 Å². The summed E-state index contributed by atoms with van der Waals surface area (Å²) >= 11 is 0. The van der Waals surface area contributed by atoms with Crippen LogP contribution in [0.5, 0.6) is 0 Å². The Bertz CT molecular complexity index is 710. The molecule has 0 spiro atoms. The number of aromatic nitrogens is 1. The van der Waals surface area contributed by atoms with Gasteiger partial charge in [0.15, 0.2) is 6.54 Å². The molecule has 3 rings (SSSR count). The van der Waals surface area contributed by atoms with E-state index in [1.54, 1.807) is 19.1 Å². The van der Waals surface area contributed by atoms with E-state index in [4.69, 9.17) is 0 Å². The van der Waals surface area contributed by atoms with Gasteiger partial charge in [0.25, 0.3) is 5.91 Å². The van der Waals surface area contributed by atoms with Crippen molar-refractivity contribution in [3.63, 3.8) is 0 Å². The summed E-state index contributed by atoms with van der Waals surface area (Å²) in [6, 6.07) is 9.32. The molecule has 4 nitrogen and oxygen atoms in total. The van der Waals surface area contributed by atoms with Crippen LogP contribution >= 0.6 is 0 Å². The van der Waals surface area contributed by atoms with E-state index in [-0.39, 0.29) is 11.7 Å². The van der Waals surface area contributed by atoms with E-state index in [9.17, 15) is 9.18 Å². The Morgan fingerprint density at radius 2 is 2.26 bits per heavy atom. The van der Waals surface area contributed by atoms with Crippen LogP contribution in [0.15, 0.2) is 36.5 Å². The van der Waals surface area contributed by atoms with E-state index < -0.39 is 0 Å². The number of hydrogen-bond donors (Lipinski definition) is 2. The lowest BCUT2D eigenvalue weighted by Crippen LogP contribution is -3.11. The maximum absolute atomic E-state index is 13.6. The number of rotatable bonds is 4. The van der Waals surface area contributed by atoms with Gasteiger partial charge in [-0.1, -0.05) is 6.07 Å². The lowest BCUT2D eigenvalue weighted by molar-refractivity contribution is -0.910. The zero-order valence-electron chi connectivity index (χ0n) is 13.6. The van der Waals surface area contributed by atoms with Gasteiger partial charge in [0.1, 0.15) is 11.9 Å². The highest BCUT2D eigenvalue weighted by atomic mass is 19.1. The van der Waals surface area contributed by atoms with Crippen LogP contribution < -0.4 is 10.2 Å². The minimum absolute atomic E-state index is 0.0654. The monoisotopic (exact) mass is 316 g/mol. The molecule has 1 fully saturated rings. The first-order valence-electron chi connectivity index (χ1n) is 8.06. The summed E-state index contributed by atoms with van der Waals surface area (Å²) < 4.78 is 15.7. The Morgan fingerprint density at radius 3 is 2.96 bits per heavy atom. The van der Waals surface area contributed by atoms with E-state index in [1.165, 1.54) is 16.7 Å². The number of amides is 1. The second kappa shape index (κ2) is 6.54. The van der Waals surface area contributed by atoms with E-state index >= 15 is 0 Å². The van der Waals surface area contributed by atoms with E-state index in [1.807, 2.05) is 19.3 Å². The molecule has 0 aliphatic carbocycles. The molecule has 0 radical (unpaired) electrons. The molecule has 1 aromatic carbocycles. The molecule has 2 N–H and O–H groups in total. The van der Waals surface area contributed by atoms with Crippen molar-refractivity contribution in [1.82, 2.24) is 4.57 Å². The molecule has 0 bridgehead atoms. The molecular weight excluding hydrogens is 293 g/mol. The van der Waals surface area contributed by atoms with Crippen LogP contribution in [0.1, 0.15) is 30.1 Å². The van der Waals surface area contributed by atoms with Gasteiger partial charge in [0.2, 0.25) is 0 Å². The summed E-state index contributed by atoms with van der Waals surface area (Å²) in [5.41, 5.74) is 2.37. The number of carbonyl (C=O) groups is 1. The quantitative estimate of drug-likeness (QED) is 0.887. The molecule has 1 aliphatic heterocycles. The van der Waals surface area contributed by atoms with Gasteiger partial charge in [0.05, 0.1) is 12.2 Å². The van der Waals surface area contributed by atoms with Gasteiger partial charge in [-0.3, -0.25) is 4.79 Å². The van der Waals surface area contributed by atoms with Crippen molar-refractivity contribution in [1.29, 1.82) is 0 Å². The van der Waals surface area contributed by atoms with Crippen molar-refractivity contribution in [2.24, 2.45) is 7.05 Å². The summed E-state index contributed by atoms with van der Waals surface area (Å²) in [5.74, 6) is -0.359. The normalized spacial score (nSPS) is 20.7. The number of quaternary nitrogens is 1. The molecule has 23 heavy (non-hydrogen) atoms. The topological polar surface area (TPSA) is 38.5 Å². The Balaban J connectivity index is 1.65. The zero-order chi connectivity index (χ0) is 16.4. The summed E-state index contributed by atoms with van der Waals surface area (Å²) in [7, 11) is 2.04. The van der Waals surface area contributed by atoms with Crippen LogP contribution in [0.3, 0.4) is 0 Å². The van der Waals surface area contributed by atoms with Gasteiger partial charge in [-0.15, -0.1) is 0 Å². The number of hydrogen-bond acceptors (Lipinski definition) is 1. The minimum atomic E-state index is -0.294. The summed E-state index contributed by atoms with van der Waals surface area (Å²) in [4.78, 5) is 13.6. The smallest absolute Gasteiger partial charge is 0.279 e. The number of halogens is 1. The second-order valence-corrected chi connectivity index (χ2v) is 6.34. The third-order valence-corrected chi connectivity index (χ3v) is 4.67. The van der Waals surface area contributed by atoms with Crippen molar-refractivity contribution in [3.8, 4) is 0 Å². The first-order chi connectivity index (χ1) is 11.0. The summed E-state index contributed by atoms with van der Waals surface area (Å²) in [6.07, 6.45) is 4.26. The SMILES string of the molecule is Cc1ccc(NC(=O)C[NH+]2CCC[C@H]2c2cccn2C)cc1F. The third kappa shape index (κ3) is 3.45. The molecule has 1 saturated heterocycles. The second-order valence-electron chi connectivity index (χ2n) is 6.34. The van der Waals surface area contributed by atoms with E-state index in [0.29, 0.717) is 23.8 Å². The maximum Gasteiger partial charge on any atom is 0.279 e. The van der Waals surface area contributed by atoms with Gasteiger partial charge in [0, 0.05) is 31.8 Å². The number of aryl methyl sites for hydroxylation is 2. The van der Waals surface area contributed by atoms with E-state index in [2.05, 4.69) is 16.0 Å². The molecule has 1 aromatic heterocycles. The van der Waals surface area contributed by atoms with Gasteiger partial charge < -0.3 is 14.8 Å².